The zero-order valence-electron chi connectivity index (χ0n) is 11.6. The fraction of sp³-hybridized carbons (Fsp3) is 0. The van der Waals surface area contributed by atoms with Gasteiger partial charge in [-0.25, -0.2) is 4.98 Å². The average Bonchev–Trinajstić information content (AvgIpc) is 3.27. The number of thiophene rings is 1. The second-order valence-corrected chi connectivity index (χ2v) is 7.00. The van der Waals surface area contributed by atoms with Crippen molar-refractivity contribution in [2.45, 2.75) is 0 Å². The summed E-state index contributed by atoms with van der Waals surface area (Å²) in [5.41, 5.74) is 2.67. The molecule has 0 unspecified atom stereocenters. The van der Waals surface area contributed by atoms with E-state index in [2.05, 4.69) is 20.5 Å². The Morgan fingerprint density at radius 1 is 1.30 bits per heavy atom. The van der Waals surface area contributed by atoms with E-state index in [0.717, 1.165) is 31.9 Å². The molecule has 112 valence electrons. The monoisotopic (exact) mass is 339 g/mol. The number of fused-ring (bicyclic) bond motifs is 4. The number of nitrogens with one attached hydrogen (secondary N) is 2. The lowest BCUT2D eigenvalue weighted by Gasteiger charge is -2.03. The predicted octanol–water partition coefficient (Wildman–Crippen LogP) is 3.74. The van der Waals surface area contributed by atoms with Crippen LogP contribution in [0.5, 0.6) is 0 Å². The number of imidazole rings is 1. The van der Waals surface area contributed by atoms with Crippen LogP contribution < -0.4 is 5.32 Å². The zero-order chi connectivity index (χ0) is 15.4. The average molecular weight is 339 g/mol. The summed E-state index contributed by atoms with van der Waals surface area (Å²) in [7, 11) is 0. The minimum atomic E-state index is -0.125. The van der Waals surface area contributed by atoms with E-state index >= 15 is 0 Å². The summed E-state index contributed by atoms with van der Waals surface area (Å²) >= 11 is 2.99. The highest BCUT2D eigenvalue weighted by Gasteiger charge is 2.15. The number of aromatic nitrogens is 4. The molecule has 1 aromatic carbocycles. The Balaban J connectivity index is 1.50. The Morgan fingerprint density at radius 3 is 3.22 bits per heavy atom. The van der Waals surface area contributed by atoms with E-state index in [4.69, 9.17) is 0 Å². The van der Waals surface area contributed by atoms with Crippen LogP contribution >= 0.6 is 22.7 Å². The fourth-order valence-electron chi connectivity index (χ4n) is 2.57. The molecule has 6 nitrogen and oxygen atoms in total. The van der Waals surface area contributed by atoms with Crippen molar-refractivity contribution in [3.05, 3.63) is 46.9 Å². The van der Waals surface area contributed by atoms with Crippen LogP contribution in [0.1, 0.15) is 9.67 Å². The maximum atomic E-state index is 12.5. The summed E-state index contributed by atoms with van der Waals surface area (Å²) in [6.07, 6.45) is 3.70. The van der Waals surface area contributed by atoms with Gasteiger partial charge in [0.25, 0.3) is 5.91 Å². The summed E-state index contributed by atoms with van der Waals surface area (Å²) in [6.45, 7) is 0. The minimum Gasteiger partial charge on any atom is -0.321 e. The van der Waals surface area contributed by atoms with E-state index in [1.165, 1.54) is 11.3 Å². The van der Waals surface area contributed by atoms with Crippen molar-refractivity contribution >= 4 is 60.5 Å². The van der Waals surface area contributed by atoms with Crippen molar-refractivity contribution in [3.8, 4) is 0 Å². The number of amides is 1. The maximum Gasteiger partial charge on any atom is 0.265 e. The van der Waals surface area contributed by atoms with E-state index in [9.17, 15) is 4.79 Å². The van der Waals surface area contributed by atoms with Crippen molar-refractivity contribution in [1.29, 1.82) is 0 Å². The zero-order valence-corrected chi connectivity index (χ0v) is 13.2. The third-order valence-electron chi connectivity index (χ3n) is 3.66. The van der Waals surface area contributed by atoms with E-state index in [1.54, 1.807) is 17.5 Å². The van der Waals surface area contributed by atoms with Gasteiger partial charge in [-0.2, -0.15) is 5.10 Å². The predicted molar refractivity (Wildman–Crippen MR) is 92.5 cm³/mol. The number of nitrogens with zero attached hydrogens (tertiary/aromatic N) is 3. The van der Waals surface area contributed by atoms with Gasteiger partial charge < -0.3 is 5.32 Å². The number of carbonyl (C=O) groups is 1. The van der Waals surface area contributed by atoms with Crippen molar-refractivity contribution in [1.82, 2.24) is 19.6 Å². The lowest BCUT2D eigenvalue weighted by atomic mass is 10.2. The molecule has 0 fully saturated rings. The van der Waals surface area contributed by atoms with E-state index in [-0.39, 0.29) is 5.91 Å². The smallest absolute Gasteiger partial charge is 0.265 e. The van der Waals surface area contributed by atoms with Gasteiger partial charge in [0, 0.05) is 22.7 Å². The van der Waals surface area contributed by atoms with Crippen molar-refractivity contribution in [2.24, 2.45) is 0 Å². The van der Waals surface area contributed by atoms with E-state index in [0.29, 0.717) is 4.88 Å². The minimum absolute atomic E-state index is 0.125. The Labute approximate surface area is 137 Å². The third-order valence-corrected chi connectivity index (χ3v) is 5.44. The van der Waals surface area contributed by atoms with Crippen molar-refractivity contribution < 1.29 is 4.79 Å². The maximum absolute atomic E-state index is 12.5. The Hall–Kier alpha value is -2.71. The molecule has 0 aliphatic heterocycles. The highest BCUT2D eigenvalue weighted by molar-refractivity contribution is 7.21. The summed E-state index contributed by atoms with van der Waals surface area (Å²) in [4.78, 5) is 19.5. The van der Waals surface area contributed by atoms with Gasteiger partial charge in [-0.15, -0.1) is 22.7 Å². The van der Waals surface area contributed by atoms with Gasteiger partial charge in [0.1, 0.15) is 4.83 Å². The lowest BCUT2D eigenvalue weighted by molar-refractivity contribution is 0.103. The van der Waals surface area contributed by atoms with Gasteiger partial charge in [0.05, 0.1) is 22.1 Å². The Bertz CT molecular complexity index is 1180. The molecule has 8 heteroatoms. The van der Waals surface area contributed by atoms with Crippen molar-refractivity contribution in [2.75, 3.05) is 5.32 Å². The van der Waals surface area contributed by atoms with Gasteiger partial charge in [-0.1, -0.05) is 0 Å². The largest absolute Gasteiger partial charge is 0.321 e. The molecule has 5 aromatic rings. The quantitative estimate of drug-likeness (QED) is 0.514. The number of benzene rings is 1. The highest BCUT2D eigenvalue weighted by atomic mass is 32.1. The van der Waals surface area contributed by atoms with Crippen LogP contribution in [0, 0.1) is 0 Å². The Kier molecular flexibility index (Phi) is 2.58. The second-order valence-electron chi connectivity index (χ2n) is 5.09. The van der Waals surface area contributed by atoms with Crippen LogP contribution in [0.4, 0.5) is 5.69 Å². The van der Waals surface area contributed by atoms with Crippen molar-refractivity contribution in [3.63, 3.8) is 0 Å². The molecule has 0 saturated carbocycles. The molecule has 0 atom stereocenters. The topological polar surface area (TPSA) is 75.1 Å². The van der Waals surface area contributed by atoms with Crippen LogP contribution in [0.25, 0.3) is 26.2 Å². The first-order valence-corrected chi connectivity index (χ1v) is 8.57. The molecule has 0 bridgehead atoms. The van der Waals surface area contributed by atoms with Crippen LogP contribution in [0.15, 0.2) is 42.0 Å². The van der Waals surface area contributed by atoms with Gasteiger partial charge in [0.2, 0.25) is 0 Å². The number of hydrogen-bond acceptors (Lipinski definition) is 5. The molecule has 0 aliphatic carbocycles. The van der Waals surface area contributed by atoms with Gasteiger partial charge in [-0.05, 0) is 24.3 Å². The molecule has 0 aliphatic rings. The number of anilines is 1. The standard InChI is InChI=1S/C15H9N5OS2/c21-13(17-9-1-2-10-8(5-9)7-16-19-10)12-6-11-14(23-12)18-15-20(11)3-4-22-15/h1-7H,(H,16,19)(H,17,21). The molecule has 2 N–H and O–H groups in total. The molecular formula is C15H9N5OS2. The second kappa shape index (κ2) is 4.64. The number of thiazole rings is 1. The molecule has 23 heavy (non-hydrogen) atoms. The first-order valence-electron chi connectivity index (χ1n) is 6.87. The van der Waals surface area contributed by atoms with Crippen LogP contribution in [-0.2, 0) is 0 Å². The van der Waals surface area contributed by atoms with Crippen LogP contribution in [0.2, 0.25) is 0 Å². The van der Waals surface area contributed by atoms with Crippen LogP contribution in [0.3, 0.4) is 0 Å². The first kappa shape index (κ1) is 12.8. The van der Waals surface area contributed by atoms with E-state index < -0.39 is 0 Å². The summed E-state index contributed by atoms with van der Waals surface area (Å²) in [6, 6.07) is 7.54. The van der Waals surface area contributed by atoms with E-state index in [1.807, 2.05) is 40.2 Å². The summed E-state index contributed by atoms with van der Waals surface area (Å²) in [5.74, 6) is -0.125. The molecule has 0 radical (unpaired) electrons. The summed E-state index contributed by atoms with van der Waals surface area (Å²) in [5, 5.41) is 12.7. The molecular weight excluding hydrogens is 330 g/mol. The SMILES string of the molecule is O=C(Nc1ccc2[nH]ncc2c1)c1cc2c(nc3sccn32)s1. The normalized spacial score (nSPS) is 11.7. The third kappa shape index (κ3) is 1.96. The molecule has 4 heterocycles. The highest BCUT2D eigenvalue weighted by Crippen LogP contribution is 2.29. The lowest BCUT2D eigenvalue weighted by Crippen LogP contribution is -2.09. The number of rotatable bonds is 2. The molecule has 4 aromatic heterocycles. The number of H-pyrrole nitrogens is 1. The first-order chi connectivity index (χ1) is 11.3. The molecule has 0 saturated heterocycles. The van der Waals surface area contributed by atoms with Gasteiger partial charge in [-0.3, -0.25) is 14.3 Å². The molecule has 0 spiro atoms. The molecule has 1 amide bonds. The van der Waals surface area contributed by atoms with Gasteiger partial charge in [0.15, 0.2) is 4.96 Å². The van der Waals surface area contributed by atoms with Gasteiger partial charge >= 0.3 is 0 Å². The fourth-order valence-corrected chi connectivity index (χ4v) is 4.27. The summed E-state index contributed by atoms with van der Waals surface area (Å²) < 4.78 is 2.00. The Morgan fingerprint density at radius 2 is 2.26 bits per heavy atom. The number of carbonyl (C=O) groups excluding carboxylic acids is 1. The van der Waals surface area contributed by atoms with Crippen LogP contribution in [-0.4, -0.2) is 25.5 Å². The number of hydrogen-bond donors (Lipinski definition) is 2. The molecule has 5 rings (SSSR count). The number of aromatic amines is 1.